The minimum atomic E-state index is -0.948. The topological polar surface area (TPSA) is 66.4 Å². The maximum absolute atomic E-state index is 12.8. The first kappa shape index (κ1) is 26.0. The first-order valence-electron chi connectivity index (χ1n) is 12.4. The molecule has 0 amide bonds. The summed E-state index contributed by atoms with van der Waals surface area (Å²) in [6, 6.07) is 25.0. The van der Waals surface area contributed by atoms with Crippen LogP contribution in [0.4, 0.5) is 5.69 Å². The van der Waals surface area contributed by atoms with Crippen LogP contribution in [-0.2, 0) is 11.2 Å². The summed E-state index contributed by atoms with van der Waals surface area (Å²) in [7, 11) is 0. The fraction of sp³-hybridized carbons (Fsp3) is 0.290. The Bertz CT molecular complexity index is 1100. The second-order valence-electron chi connectivity index (χ2n) is 9.05. The van der Waals surface area contributed by atoms with Crippen molar-refractivity contribution in [3.05, 3.63) is 102 Å². The number of ketones is 1. The zero-order valence-corrected chi connectivity index (χ0v) is 20.5. The van der Waals surface area contributed by atoms with Gasteiger partial charge >= 0.3 is 5.97 Å². The molecule has 4 heteroatoms. The number of hydrogen-bond donors (Lipinski definition) is 2. The van der Waals surface area contributed by atoms with Crippen LogP contribution in [0.15, 0.2) is 91.1 Å². The number of hydrogen-bond acceptors (Lipinski definition) is 3. The van der Waals surface area contributed by atoms with Crippen molar-refractivity contribution in [1.82, 2.24) is 0 Å². The molecule has 1 unspecified atom stereocenters. The second kappa shape index (κ2) is 13.3. The maximum atomic E-state index is 12.8. The van der Waals surface area contributed by atoms with E-state index in [-0.39, 0.29) is 12.2 Å². The average molecular weight is 470 g/mol. The molecule has 2 N–H and O–H groups in total. The van der Waals surface area contributed by atoms with Gasteiger partial charge in [-0.15, -0.1) is 0 Å². The molecule has 0 bridgehead atoms. The molecule has 3 rings (SSSR count). The van der Waals surface area contributed by atoms with Crippen LogP contribution in [0.5, 0.6) is 0 Å². The van der Waals surface area contributed by atoms with Crippen molar-refractivity contribution >= 4 is 17.4 Å². The Kier molecular flexibility index (Phi) is 9.85. The number of anilines is 1. The monoisotopic (exact) mass is 469 g/mol. The van der Waals surface area contributed by atoms with Crippen molar-refractivity contribution in [3.63, 3.8) is 0 Å². The molecule has 0 heterocycles. The van der Waals surface area contributed by atoms with E-state index in [0.717, 1.165) is 40.9 Å². The van der Waals surface area contributed by atoms with Gasteiger partial charge in [0.05, 0.1) is 5.92 Å². The van der Waals surface area contributed by atoms with Gasteiger partial charge in [0.25, 0.3) is 0 Å². The van der Waals surface area contributed by atoms with Crippen LogP contribution in [0.1, 0.15) is 61.4 Å². The molecule has 3 aromatic rings. The molecule has 0 saturated carbocycles. The Labute approximate surface area is 208 Å². The Hall–Kier alpha value is -3.66. The summed E-state index contributed by atoms with van der Waals surface area (Å²) in [6.07, 6.45) is 6.18. The van der Waals surface area contributed by atoms with Gasteiger partial charge in [-0.2, -0.15) is 0 Å². The largest absolute Gasteiger partial charge is 0.481 e. The highest BCUT2D eigenvalue weighted by atomic mass is 16.4. The van der Waals surface area contributed by atoms with Gasteiger partial charge in [0.2, 0.25) is 0 Å². The summed E-state index contributed by atoms with van der Waals surface area (Å²) in [5.41, 5.74) is 5.55. The van der Waals surface area contributed by atoms with Gasteiger partial charge in [0.1, 0.15) is 0 Å². The Balaban J connectivity index is 1.57. The van der Waals surface area contributed by atoms with Crippen molar-refractivity contribution in [2.75, 3.05) is 5.32 Å². The number of unbranched alkanes of at least 4 members (excludes halogenated alkanes) is 3. The lowest BCUT2D eigenvalue weighted by Crippen LogP contribution is -2.20. The number of allylic oxidation sites excluding steroid dienone is 1. The highest BCUT2D eigenvalue weighted by molar-refractivity contribution is 5.98. The van der Waals surface area contributed by atoms with Crippen LogP contribution < -0.4 is 5.32 Å². The van der Waals surface area contributed by atoms with Gasteiger partial charge in [0, 0.05) is 23.4 Å². The molecule has 1 atom stereocenters. The number of Topliss-reactive ketones (excluding diaryl/α,β-unsaturated/α-hetero) is 1. The lowest BCUT2D eigenvalue weighted by molar-refractivity contribution is -0.141. The normalized spacial score (nSPS) is 11.6. The molecule has 0 fully saturated rings. The number of carbonyl (C=O) groups is 2. The zero-order chi connectivity index (χ0) is 25.0. The Morgan fingerprint density at radius 1 is 0.857 bits per heavy atom. The van der Waals surface area contributed by atoms with Crippen LogP contribution in [0, 0.1) is 5.92 Å². The molecule has 4 nitrogen and oxygen atoms in total. The van der Waals surface area contributed by atoms with Crippen LogP contribution >= 0.6 is 0 Å². The van der Waals surface area contributed by atoms with Crippen molar-refractivity contribution in [2.45, 2.75) is 51.9 Å². The number of carboxylic acid groups (broad SMARTS) is 1. The van der Waals surface area contributed by atoms with Crippen molar-refractivity contribution in [2.24, 2.45) is 5.92 Å². The quantitative estimate of drug-likeness (QED) is 0.187. The SMILES string of the molecule is C=C(CCCCCC)Nc1ccc(-c2ccc(C(=O)CC(Cc3ccccc3)C(=O)O)cc2)cc1. The van der Waals surface area contributed by atoms with E-state index in [2.05, 4.69) is 18.8 Å². The summed E-state index contributed by atoms with van der Waals surface area (Å²) in [5, 5.41) is 13.0. The van der Waals surface area contributed by atoms with Gasteiger partial charge in [-0.25, -0.2) is 0 Å². The van der Waals surface area contributed by atoms with E-state index in [1.54, 1.807) is 12.1 Å². The number of carboxylic acids is 1. The molecule has 182 valence electrons. The van der Waals surface area contributed by atoms with E-state index in [9.17, 15) is 14.7 Å². The van der Waals surface area contributed by atoms with Crippen LogP contribution in [0.3, 0.4) is 0 Å². The Morgan fingerprint density at radius 3 is 2.09 bits per heavy atom. The minimum Gasteiger partial charge on any atom is -0.481 e. The summed E-state index contributed by atoms with van der Waals surface area (Å²) >= 11 is 0. The van der Waals surface area contributed by atoms with E-state index >= 15 is 0 Å². The minimum absolute atomic E-state index is 0.0216. The zero-order valence-electron chi connectivity index (χ0n) is 20.5. The number of nitrogens with one attached hydrogen (secondary N) is 1. The fourth-order valence-corrected chi connectivity index (χ4v) is 4.11. The number of benzene rings is 3. The van der Waals surface area contributed by atoms with Gasteiger partial charge in [-0.3, -0.25) is 9.59 Å². The highest BCUT2D eigenvalue weighted by Crippen LogP contribution is 2.24. The lowest BCUT2D eigenvalue weighted by atomic mass is 9.91. The van der Waals surface area contributed by atoms with Gasteiger partial charge in [-0.05, 0) is 48.1 Å². The molecular weight excluding hydrogens is 434 g/mol. The van der Waals surface area contributed by atoms with E-state index in [4.69, 9.17) is 0 Å². The molecule has 0 aromatic heterocycles. The third-order valence-corrected chi connectivity index (χ3v) is 6.18. The highest BCUT2D eigenvalue weighted by Gasteiger charge is 2.22. The Morgan fingerprint density at radius 2 is 1.49 bits per heavy atom. The summed E-state index contributed by atoms with van der Waals surface area (Å²) in [4.78, 5) is 24.5. The molecule has 3 aromatic carbocycles. The molecule has 0 aliphatic heterocycles. The van der Waals surface area contributed by atoms with Gasteiger partial charge in [0.15, 0.2) is 5.78 Å². The van der Waals surface area contributed by atoms with Crippen molar-refractivity contribution < 1.29 is 14.7 Å². The summed E-state index contributed by atoms with van der Waals surface area (Å²) in [5.74, 6) is -1.85. The summed E-state index contributed by atoms with van der Waals surface area (Å²) < 4.78 is 0. The molecule has 0 spiro atoms. The molecule has 35 heavy (non-hydrogen) atoms. The number of carbonyl (C=O) groups excluding carboxylic acids is 1. The van der Waals surface area contributed by atoms with E-state index in [1.165, 1.54) is 19.3 Å². The lowest BCUT2D eigenvalue weighted by Gasteiger charge is -2.12. The number of rotatable bonds is 14. The fourth-order valence-electron chi connectivity index (χ4n) is 4.11. The third kappa shape index (κ3) is 8.25. The molecular formula is C31H35NO3. The third-order valence-electron chi connectivity index (χ3n) is 6.18. The van der Waals surface area contributed by atoms with E-state index in [0.29, 0.717) is 12.0 Å². The first-order chi connectivity index (χ1) is 17.0. The summed E-state index contributed by atoms with van der Waals surface area (Å²) in [6.45, 7) is 6.34. The first-order valence-corrected chi connectivity index (χ1v) is 12.4. The van der Waals surface area contributed by atoms with E-state index in [1.807, 2.05) is 66.7 Å². The second-order valence-corrected chi connectivity index (χ2v) is 9.05. The van der Waals surface area contributed by atoms with Gasteiger partial charge in [-0.1, -0.05) is 99.5 Å². The van der Waals surface area contributed by atoms with Gasteiger partial charge < -0.3 is 10.4 Å². The smallest absolute Gasteiger partial charge is 0.307 e. The van der Waals surface area contributed by atoms with Crippen LogP contribution in [0.2, 0.25) is 0 Å². The predicted octanol–water partition coefficient (Wildman–Crippen LogP) is 7.77. The van der Waals surface area contributed by atoms with Crippen LogP contribution in [-0.4, -0.2) is 16.9 Å². The molecule has 0 radical (unpaired) electrons. The molecule has 0 aliphatic rings. The predicted molar refractivity (Wildman–Crippen MR) is 144 cm³/mol. The maximum Gasteiger partial charge on any atom is 0.307 e. The van der Waals surface area contributed by atoms with E-state index < -0.39 is 11.9 Å². The standard InChI is InChI=1S/C31H35NO3/c1-3-4-5-7-10-23(2)32-29-19-17-26(18-20-29)25-13-15-27(16-14-25)30(33)22-28(31(34)35)21-24-11-8-6-9-12-24/h6,8-9,11-20,28,32H,2-5,7,10,21-22H2,1H3,(H,34,35). The van der Waals surface area contributed by atoms with Crippen molar-refractivity contribution in [3.8, 4) is 11.1 Å². The molecule has 0 saturated heterocycles. The molecule has 0 aliphatic carbocycles. The average Bonchev–Trinajstić information content (AvgIpc) is 2.87. The van der Waals surface area contributed by atoms with Crippen LogP contribution in [0.25, 0.3) is 11.1 Å². The number of aliphatic carboxylic acids is 1. The van der Waals surface area contributed by atoms with Crippen molar-refractivity contribution in [1.29, 1.82) is 0 Å².